The summed E-state index contributed by atoms with van der Waals surface area (Å²) in [6.45, 7) is 5.44. The molecule has 0 aliphatic rings. The molecule has 0 aliphatic heterocycles. The molecule has 0 amide bonds. The maximum Gasteiger partial charge on any atom is 0.151 e. The van der Waals surface area contributed by atoms with Gasteiger partial charge in [-0.15, -0.1) is 0 Å². The van der Waals surface area contributed by atoms with Crippen molar-refractivity contribution < 1.29 is 19.0 Å². The van der Waals surface area contributed by atoms with E-state index in [0.29, 0.717) is 26.1 Å². The average molecular weight is 339 g/mol. The number of aromatic nitrogens is 2. The highest BCUT2D eigenvalue weighted by atomic mass is 19.1. The van der Waals surface area contributed by atoms with Crippen molar-refractivity contribution in [3.8, 4) is 5.69 Å². The van der Waals surface area contributed by atoms with E-state index in [0.717, 1.165) is 23.0 Å². The lowest BCUT2D eigenvalue weighted by Crippen LogP contribution is -2.28. The van der Waals surface area contributed by atoms with Crippen molar-refractivity contribution in [2.45, 2.75) is 26.8 Å². The Morgan fingerprint density at radius 1 is 1.12 bits per heavy atom. The third-order valence-electron chi connectivity index (χ3n) is 4.01. The van der Waals surface area contributed by atoms with Crippen molar-refractivity contribution in [1.29, 1.82) is 0 Å². The first-order chi connectivity index (χ1) is 11.5. The zero-order valence-corrected chi connectivity index (χ0v) is 14.0. The van der Waals surface area contributed by atoms with Crippen LogP contribution in [0.4, 0.5) is 8.78 Å². The fourth-order valence-corrected chi connectivity index (χ4v) is 2.72. The van der Waals surface area contributed by atoms with Crippen LogP contribution in [0.1, 0.15) is 23.4 Å². The largest absolute Gasteiger partial charge is 0.396 e. The molecule has 24 heavy (non-hydrogen) atoms. The molecule has 0 saturated carbocycles. The molecule has 0 atom stereocenters. The highest BCUT2D eigenvalue weighted by molar-refractivity contribution is 5.38. The molecule has 1 aromatic carbocycles. The van der Waals surface area contributed by atoms with Gasteiger partial charge >= 0.3 is 0 Å². The Bertz CT molecular complexity index is 689. The molecule has 0 bridgehead atoms. The first-order valence-electron chi connectivity index (χ1n) is 7.92. The quantitative estimate of drug-likeness (QED) is 0.772. The number of aliphatic hydroxyl groups is 2. The first-order valence-corrected chi connectivity index (χ1v) is 7.92. The summed E-state index contributed by atoms with van der Waals surface area (Å²) in [7, 11) is 0. The second-order valence-electron chi connectivity index (χ2n) is 5.73. The maximum atomic E-state index is 14.0. The summed E-state index contributed by atoms with van der Waals surface area (Å²) in [5.74, 6) is -1.30. The van der Waals surface area contributed by atoms with Crippen LogP contribution in [0.15, 0.2) is 18.2 Å². The summed E-state index contributed by atoms with van der Waals surface area (Å²) >= 11 is 0. The lowest BCUT2D eigenvalue weighted by Gasteiger charge is -2.21. The molecule has 2 N–H and O–H groups in total. The smallest absolute Gasteiger partial charge is 0.151 e. The van der Waals surface area contributed by atoms with Crippen molar-refractivity contribution >= 4 is 0 Å². The van der Waals surface area contributed by atoms with Gasteiger partial charge in [-0.2, -0.15) is 5.10 Å². The van der Waals surface area contributed by atoms with Gasteiger partial charge in [0, 0.05) is 43.6 Å². The number of aliphatic hydroxyl groups excluding tert-OH is 2. The van der Waals surface area contributed by atoms with Crippen LogP contribution in [0, 0.1) is 25.5 Å². The van der Waals surface area contributed by atoms with Gasteiger partial charge in [-0.1, -0.05) is 0 Å². The minimum Gasteiger partial charge on any atom is -0.396 e. The molecule has 2 rings (SSSR count). The van der Waals surface area contributed by atoms with E-state index in [9.17, 15) is 13.9 Å². The zero-order chi connectivity index (χ0) is 17.7. The molecule has 132 valence electrons. The Labute approximate surface area is 140 Å². The summed E-state index contributed by atoms with van der Waals surface area (Å²) in [5, 5.41) is 22.6. The molecule has 0 spiro atoms. The normalized spacial score (nSPS) is 11.5. The maximum absolute atomic E-state index is 14.0. The second kappa shape index (κ2) is 8.32. The topological polar surface area (TPSA) is 61.5 Å². The van der Waals surface area contributed by atoms with E-state index in [1.807, 2.05) is 18.7 Å². The van der Waals surface area contributed by atoms with Gasteiger partial charge in [-0.25, -0.2) is 13.5 Å². The van der Waals surface area contributed by atoms with Crippen LogP contribution in [0.2, 0.25) is 0 Å². The molecular weight excluding hydrogens is 316 g/mol. The molecular formula is C17H23F2N3O2. The Balaban J connectivity index is 2.31. The monoisotopic (exact) mass is 339 g/mol. The molecule has 0 unspecified atom stereocenters. The molecule has 7 heteroatoms. The Morgan fingerprint density at radius 2 is 1.88 bits per heavy atom. The minimum atomic E-state index is -0.667. The summed E-state index contributed by atoms with van der Waals surface area (Å²) in [4.78, 5) is 2.01. The fourth-order valence-electron chi connectivity index (χ4n) is 2.72. The average Bonchev–Trinajstić information content (AvgIpc) is 2.80. The number of hydrogen-bond acceptors (Lipinski definition) is 4. The zero-order valence-electron chi connectivity index (χ0n) is 14.0. The highest BCUT2D eigenvalue weighted by Crippen LogP contribution is 2.22. The molecule has 0 fully saturated rings. The fraction of sp³-hybridized carbons (Fsp3) is 0.471. The van der Waals surface area contributed by atoms with Crippen molar-refractivity contribution in [2.75, 3.05) is 26.3 Å². The van der Waals surface area contributed by atoms with Crippen molar-refractivity contribution in [2.24, 2.45) is 0 Å². The number of benzene rings is 1. The number of nitrogens with zero attached hydrogens (tertiary/aromatic N) is 3. The molecule has 2 aromatic rings. The number of rotatable bonds is 8. The van der Waals surface area contributed by atoms with Gasteiger partial charge in [0.1, 0.15) is 11.5 Å². The van der Waals surface area contributed by atoms with Crippen molar-refractivity contribution in [1.82, 2.24) is 14.7 Å². The van der Waals surface area contributed by atoms with E-state index in [4.69, 9.17) is 5.11 Å². The summed E-state index contributed by atoms with van der Waals surface area (Å²) in [5.41, 5.74) is 2.66. The summed E-state index contributed by atoms with van der Waals surface area (Å²) < 4.78 is 28.6. The van der Waals surface area contributed by atoms with E-state index in [2.05, 4.69) is 5.10 Å². The minimum absolute atomic E-state index is 0.0181. The predicted octanol–water partition coefficient (Wildman–Crippen LogP) is 1.94. The van der Waals surface area contributed by atoms with Crippen LogP contribution in [0.3, 0.4) is 0 Å². The van der Waals surface area contributed by atoms with E-state index in [1.165, 1.54) is 16.8 Å². The van der Waals surface area contributed by atoms with Crippen molar-refractivity contribution in [3.63, 3.8) is 0 Å². The molecule has 0 aliphatic carbocycles. The van der Waals surface area contributed by atoms with Gasteiger partial charge in [-0.05, 0) is 32.4 Å². The van der Waals surface area contributed by atoms with Gasteiger partial charge in [0.15, 0.2) is 5.82 Å². The summed E-state index contributed by atoms with van der Waals surface area (Å²) in [6.07, 6.45) is 0.610. The first kappa shape index (κ1) is 18.5. The second-order valence-corrected chi connectivity index (χ2v) is 5.73. The Kier molecular flexibility index (Phi) is 6.42. The van der Waals surface area contributed by atoms with Crippen LogP contribution in [-0.4, -0.2) is 51.2 Å². The highest BCUT2D eigenvalue weighted by Gasteiger charge is 2.18. The molecule has 5 nitrogen and oxygen atoms in total. The van der Waals surface area contributed by atoms with Gasteiger partial charge in [0.05, 0.1) is 12.3 Å². The van der Waals surface area contributed by atoms with Gasteiger partial charge in [0.2, 0.25) is 0 Å². The van der Waals surface area contributed by atoms with Crippen LogP contribution >= 0.6 is 0 Å². The Hall–Kier alpha value is -1.83. The third kappa shape index (κ3) is 4.17. The van der Waals surface area contributed by atoms with E-state index in [-0.39, 0.29) is 18.9 Å². The lowest BCUT2D eigenvalue weighted by molar-refractivity contribution is 0.174. The molecule has 0 saturated heterocycles. The van der Waals surface area contributed by atoms with Crippen LogP contribution in [0.25, 0.3) is 5.69 Å². The van der Waals surface area contributed by atoms with E-state index in [1.54, 1.807) is 0 Å². The van der Waals surface area contributed by atoms with Crippen LogP contribution in [-0.2, 0) is 6.54 Å². The number of hydrogen-bond donors (Lipinski definition) is 2. The number of aryl methyl sites for hydroxylation is 1. The van der Waals surface area contributed by atoms with Gasteiger partial charge in [0.25, 0.3) is 0 Å². The van der Waals surface area contributed by atoms with Gasteiger partial charge in [-0.3, -0.25) is 4.90 Å². The standard InChI is InChI=1S/C17H23F2N3O2/c1-12-15(11-21(7-9-24)6-3-8-23)13(2)22(20-12)17-5-4-14(18)10-16(17)19/h4-5,10,23-24H,3,6-9,11H2,1-2H3. The summed E-state index contributed by atoms with van der Waals surface area (Å²) in [6, 6.07) is 3.41. The third-order valence-corrected chi connectivity index (χ3v) is 4.01. The van der Waals surface area contributed by atoms with Gasteiger partial charge < -0.3 is 10.2 Å². The SMILES string of the molecule is Cc1nn(-c2ccc(F)cc2F)c(C)c1CN(CCO)CCCO. The Morgan fingerprint density at radius 3 is 2.50 bits per heavy atom. The molecule has 0 radical (unpaired) electrons. The molecule has 1 aromatic heterocycles. The van der Waals surface area contributed by atoms with E-state index >= 15 is 0 Å². The van der Waals surface area contributed by atoms with Crippen LogP contribution in [0.5, 0.6) is 0 Å². The van der Waals surface area contributed by atoms with Crippen LogP contribution < -0.4 is 0 Å². The van der Waals surface area contributed by atoms with Crippen molar-refractivity contribution in [3.05, 3.63) is 46.8 Å². The lowest BCUT2D eigenvalue weighted by atomic mass is 10.1. The molecule has 1 heterocycles. The van der Waals surface area contributed by atoms with E-state index < -0.39 is 11.6 Å². The number of halogens is 2. The predicted molar refractivity (Wildman–Crippen MR) is 87.0 cm³/mol.